The standard InChI is InChI=1S/C14H12FN5/c1-9-8-20(14(16)19-9)18-7-10-4-5-12(15)11-3-2-6-17-13(10)11/h2-8H,1H3,(H2,16,19). The van der Waals surface area contributed by atoms with Gasteiger partial charge in [0, 0.05) is 17.1 Å². The average Bonchev–Trinajstić information content (AvgIpc) is 2.77. The second kappa shape index (κ2) is 4.73. The van der Waals surface area contributed by atoms with Crippen molar-refractivity contribution in [1.29, 1.82) is 0 Å². The third-order valence-corrected chi connectivity index (χ3v) is 2.90. The molecule has 0 spiro atoms. The molecule has 2 heterocycles. The largest absolute Gasteiger partial charge is 0.368 e. The fourth-order valence-electron chi connectivity index (χ4n) is 1.98. The molecule has 3 rings (SSSR count). The van der Waals surface area contributed by atoms with Crippen LogP contribution in [0.4, 0.5) is 10.3 Å². The van der Waals surface area contributed by atoms with E-state index in [1.54, 1.807) is 36.8 Å². The molecule has 100 valence electrons. The summed E-state index contributed by atoms with van der Waals surface area (Å²) in [6, 6.07) is 6.41. The summed E-state index contributed by atoms with van der Waals surface area (Å²) in [5, 5.41) is 4.68. The molecule has 0 amide bonds. The lowest BCUT2D eigenvalue weighted by atomic mass is 10.1. The van der Waals surface area contributed by atoms with E-state index in [4.69, 9.17) is 5.73 Å². The third-order valence-electron chi connectivity index (χ3n) is 2.90. The predicted octanol–water partition coefficient (Wildman–Crippen LogP) is 2.34. The molecule has 0 aliphatic carbocycles. The number of fused-ring (bicyclic) bond motifs is 1. The van der Waals surface area contributed by atoms with Crippen LogP contribution in [-0.4, -0.2) is 20.9 Å². The van der Waals surface area contributed by atoms with Crippen LogP contribution >= 0.6 is 0 Å². The van der Waals surface area contributed by atoms with Gasteiger partial charge in [0.1, 0.15) is 5.82 Å². The highest BCUT2D eigenvalue weighted by atomic mass is 19.1. The Kier molecular flexibility index (Phi) is 2.90. The molecule has 6 heteroatoms. The van der Waals surface area contributed by atoms with E-state index in [0.717, 1.165) is 5.69 Å². The van der Waals surface area contributed by atoms with Gasteiger partial charge in [0.05, 0.1) is 23.6 Å². The monoisotopic (exact) mass is 269 g/mol. The molecule has 0 aliphatic heterocycles. The van der Waals surface area contributed by atoms with Crippen LogP contribution in [0.25, 0.3) is 10.9 Å². The van der Waals surface area contributed by atoms with E-state index in [1.807, 2.05) is 6.92 Å². The molecule has 0 bridgehead atoms. The topological polar surface area (TPSA) is 69.1 Å². The molecule has 5 nitrogen and oxygen atoms in total. The van der Waals surface area contributed by atoms with Crippen molar-refractivity contribution in [3.63, 3.8) is 0 Å². The van der Waals surface area contributed by atoms with Gasteiger partial charge in [-0.2, -0.15) is 5.10 Å². The van der Waals surface area contributed by atoms with Crippen LogP contribution in [0.5, 0.6) is 0 Å². The summed E-state index contributed by atoms with van der Waals surface area (Å²) < 4.78 is 15.1. The lowest BCUT2D eigenvalue weighted by molar-refractivity contribution is 0.639. The smallest absolute Gasteiger partial charge is 0.221 e. The van der Waals surface area contributed by atoms with Gasteiger partial charge in [-0.05, 0) is 31.2 Å². The maximum atomic E-state index is 13.7. The van der Waals surface area contributed by atoms with Crippen molar-refractivity contribution in [3.05, 3.63) is 53.7 Å². The quantitative estimate of drug-likeness (QED) is 0.726. The van der Waals surface area contributed by atoms with Crippen LogP contribution < -0.4 is 5.73 Å². The molecule has 0 radical (unpaired) electrons. The lowest BCUT2D eigenvalue weighted by Gasteiger charge is -2.02. The Morgan fingerprint density at radius 1 is 1.35 bits per heavy atom. The van der Waals surface area contributed by atoms with Crippen molar-refractivity contribution >= 4 is 23.1 Å². The fourth-order valence-corrected chi connectivity index (χ4v) is 1.98. The number of benzene rings is 1. The first-order chi connectivity index (χ1) is 9.65. The molecule has 0 saturated carbocycles. The van der Waals surface area contributed by atoms with Crippen LogP contribution in [-0.2, 0) is 0 Å². The Morgan fingerprint density at radius 2 is 2.20 bits per heavy atom. The first-order valence-electron chi connectivity index (χ1n) is 6.04. The maximum absolute atomic E-state index is 13.7. The number of nitrogens with two attached hydrogens (primary N) is 1. The fraction of sp³-hybridized carbons (Fsp3) is 0.0714. The number of rotatable bonds is 2. The summed E-state index contributed by atoms with van der Waals surface area (Å²) in [5.74, 6) is 0.00126. The summed E-state index contributed by atoms with van der Waals surface area (Å²) in [4.78, 5) is 8.25. The van der Waals surface area contributed by atoms with Gasteiger partial charge < -0.3 is 5.73 Å². The Labute approximate surface area is 114 Å². The molecule has 0 aliphatic rings. The highest BCUT2D eigenvalue weighted by molar-refractivity contribution is 5.97. The van der Waals surface area contributed by atoms with Gasteiger partial charge in [-0.3, -0.25) is 4.98 Å². The average molecular weight is 269 g/mol. The van der Waals surface area contributed by atoms with E-state index < -0.39 is 0 Å². The minimum atomic E-state index is -0.303. The number of nitrogen functional groups attached to an aromatic ring is 1. The maximum Gasteiger partial charge on any atom is 0.221 e. The van der Waals surface area contributed by atoms with Crippen LogP contribution in [0.3, 0.4) is 0 Å². The molecular weight excluding hydrogens is 257 g/mol. The highest BCUT2D eigenvalue weighted by Crippen LogP contribution is 2.18. The van der Waals surface area contributed by atoms with Crippen LogP contribution in [0.2, 0.25) is 0 Å². The van der Waals surface area contributed by atoms with Gasteiger partial charge in [0.15, 0.2) is 0 Å². The number of anilines is 1. The number of pyridine rings is 1. The van der Waals surface area contributed by atoms with Crippen LogP contribution in [0.1, 0.15) is 11.3 Å². The number of aryl methyl sites for hydroxylation is 1. The Bertz CT molecular complexity index is 806. The molecule has 0 saturated heterocycles. The van der Waals surface area contributed by atoms with Crippen molar-refractivity contribution < 1.29 is 4.39 Å². The summed E-state index contributed by atoms with van der Waals surface area (Å²) in [5.41, 5.74) is 7.76. The Morgan fingerprint density at radius 3 is 2.95 bits per heavy atom. The first-order valence-corrected chi connectivity index (χ1v) is 6.04. The molecule has 0 fully saturated rings. The van der Waals surface area contributed by atoms with E-state index in [1.165, 1.54) is 10.7 Å². The predicted molar refractivity (Wildman–Crippen MR) is 76.1 cm³/mol. The molecule has 2 N–H and O–H groups in total. The number of imidazole rings is 1. The van der Waals surface area contributed by atoms with Crippen molar-refractivity contribution in [2.45, 2.75) is 6.92 Å². The van der Waals surface area contributed by atoms with E-state index in [0.29, 0.717) is 22.4 Å². The molecule has 0 unspecified atom stereocenters. The van der Waals surface area contributed by atoms with E-state index in [9.17, 15) is 4.39 Å². The summed E-state index contributed by atoms with van der Waals surface area (Å²) in [6.07, 6.45) is 4.92. The summed E-state index contributed by atoms with van der Waals surface area (Å²) in [7, 11) is 0. The number of hydrogen-bond acceptors (Lipinski definition) is 4. The SMILES string of the molecule is Cc1cn(N=Cc2ccc(F)c3cccnc23)c(N)n1. The van der Waals surface area contributed by atoms with Crippen molar-refractivity contribution in [1.82, 2.24) is 14.6 Å². The molecular formula is C14H12FN5. The highest BCUT2D eigenvalue weighted by Gasteiger charge is 2.05. The van der Waals surface area contributed by atoms with E-state index >= 15 is 0 Å². The molecule has 2 aromatic heterocycles. The van der Waals surface area contributed by atoms with Gasteiger partial charge in [0.2, 0.25) is 5.95 Å². The van der Waals surface area contributed by atoms with Gasteiger partial charge in [-0.25, -0.2) is 14.1 Å². The second-order valence-corrected chi connectivity index (χ2v) is 4.37. The van der Waals surface area contributed by atoms with Crippen molar-refractivity contribution in [3.8, 4) is 0 Å². The van der Waals surface area contributed by atoms with Gasteiger partial charge in [0.25, 0.3) is 0 Å². The summed E-state index contributed by atoms with van der Waals surface area (Å²) in [6.45, 7) is 1.83. The third kappa shape index (κ3) is 2.11. The number of hydrogen-bond donors (Lipinski definition) is 1. The first kappa shape index (κ1) is 12.3. The van der Waals surface area contributed by atoms with Crippen molar-refractivity contribution in [2.24, 2.45) is 5.10 Å². The van der Waals surface area contributed by atoms with Gasteiger partial charge in [-0.1, -0.05) is 0 Å². The van der Waals surface area contributed by atoms with Gasteiger partial charge in [-0.15, -0.1) is 0 Å². The molecule has 1 aromatic carbocycles. The number of nitrogens with zero attached hydrogens (tertiary/aromatic N) is 4. The second-order valence-electron chi connectivity index (χ2n) is 4.37. The molecule has 3 aromatic rings. The molecule has 0 atom stereocenters. The summed E-state index contributed by atoms with van der Waals surface area (Å²) >= 11 is 0. The van der Waals surface area contributed by atoms with Gasteiger partial charge >= 0.3 is 0 Å². The Balaban J connectivity index is 2.07. The minimum absolute atomic E-state index is 0.303. The zero-order chi connectivity index (χ0) is 14.1. The van der Waals surface area contributed by atoms with Crippen molar-refractivity contribution in [2.75, 3.05) is 5.73 Å². The zero-order valence-electron chi connectivity index (χ0n) is 10.8. The Hall–Kier alpha value is -2.76. The zero-order valence-corrected chi connectivity index (χ0v) is 10.8. The lowest BCUT2D eigenvalue weighted by Crippen LogP contribution is -1.98. The van der Waals surface area contributed by atoms with Crippen LogP contribution in [0, 0.1) is 12.7 Å². The number of halogens is 1. The normalized spacial score (nSPS) is 11.5. The number of aromatic nitrogens is 3. The van der Waals surface area contributed by atoms with E-state index in [2.05, 4.69) is 15.1 Å². The minimum Gasteiger partial charge on any atom is -0.368 e. The van der Waals surface area contributed by atoms with E-state index in [-0.39, 0.29) is 5.82 Å². The molecule has 20 heavy (non-hydrogen) atoms. The van der Waals surface area contributed by atoms with Crippen LogP contribution in [0.15, 0.2) is 41.8 Å².